The van der Waals surface area contributed by atoms with Crippen molar-refractivity contribution in [1.82, 2.24) is 4.98 Å². The van der Waals surface area contributed by atoms with E-state index < -0.39 is 5.97 Å². The van der Waals surface area contributed by atoms with Gasteiger partial charge in [0.25, 0.3) is 0 Å². The Labute approximate surface area is 187 Å². The van der Waals surface area contributed by atoms with E-state index in [1.165, 1.54) is 16.2 Å². The Morgan fingerprint density at radius 1 is 1.06 bits per heavy atom. The maximum Gasteiger partial charge on any atom is 0.335 e. The first-order chi connectivity index (χ1) is 15.0. The number of carboxylic acids is 1. The van der Waals surface area contributed by atoms with Crippen LogP contribution in [0.1, 0.15) is 41.6 Å². The summed E-state index contributed by atoms with van der Waals surface area (Å²) in [5.74, 6) is -0.681. The third-order valence-corrected chi connectivity index (χ3v) is 8.25. The van der Waals surface area contributed by atoms with Crippen LogP contribution < -0.4 is 4.90 Å². The van der Waals surface area contributed by atoms with E-state index in [1.54, 1.807) is 23.9 Å². The van der Waals surface area contributed by atoms with Gasteiger partial charge in [0, 0.05) is 5.75 Å². The zero-order chi connectivity index (χ0) is 21.5. The number of carbonyl (C=O) groups is 3. The van der Waals surface area contributed by atoms with Crippen molar-refractivity contribution in [2.75, 3.05) is 4.90 Å². The number of hydrogen-bond donors (Lipinski definition) is 1. The highest BCUT2D eigenvalue weighted by Crippen LogP contribution is 2.41. The van der Waals surface area contributed by atoms with Crippen LogP contribution >= 0.6 is 23.1 Å². The molecule has 2 aromatic carbocycles. The summed E-state index contributed by atoms with van der Waals surface area (Å²) in [6.45, 7) is 0. The zero-order valence-electron chi connectivity index (χ0n) is 16.6. The number of carboxylic acid groups (broad SMARTS) is 1. The lowest BCUT2D eigenvalue weighted by Crippen LogP contribution is -2.30. The number of carbonyl (C=O) groups excluding carboxylic acids is 2. The molecule has 2 fully saturated rings. The zero-order valence-corrected chi connectivity index (χ0v) is 18.2. The molecule has 2 atom stereocenters. The van der Waals surface area contributed by atoms with E-state index in [-0.39, 0.29) is 29.2 Å². The highest BCUT2D eigenvalue weighted by atomic mass is 32.2. The maximum absolute atomic E-state index is 12.9. The summed E-state index contributed by atoms with van der Waals surface area (Å²) in [4.78, 5) is 42.7. The highest BCUT2D eigenvalue weighted by Gasteiger charge is 2.48. The van der Waals surface area contributed by atoms with Crippen molar-refractivity contribution < 1.29 is 19.5 Å². The van der Waals surface area contributed by atoms with E-state index in [0.717, 1.165) is 45.8 Å². The monoisotopic (exact) mass is 452 g/mol. The molecule has 0 spiro atoms. The minimum absolute atomic E-state index is 0.0574. The van der Waals surface area contributed by atoms with E-state index in [1.807, 2.05) is 30.3 Å². The second-order valence-electron chi connectivity index (χ2n) is 7.93. The van der Waals surface area contributed by atoms with E-state index in [2.05, 4.69) is 4.98 Å². The van der Waals surface area contributed by atoms with E-state index >= 15 is 0 Å². The first-order valence-electron chi connectivity index (χ1n) is 10.2. The van der Waals surface area contributed by atoms with Gasteiger partial charge in [0.1, 0.15) is 0 Å². The van der Waals surface area contributed by atoms with Gasteiger partial charge in [0.05, 0.1) is 33.3 Å². The molecule has 5 rings (SSSR count). The van der Waals surface area contributed by atoms with Crippen molar-refractivity contribution in [3.05, 3.63) is 53.6 Å². The van der Waals surface area contributed by atoms with Gasteiger partial charge in [-0.25, -0.2) is 9.78 Å². The first-order valence-corrected chi connectivity index (χ1v) is 12.0. The molecule has 6 nitrogen and oxygen atoms in total. The highest BCUT2D eigenvalue weighted by molar-refractivity contribution is 8.00. The van der Waals surface area contributed by atoms with Gasteiger partial charge in [-0.2, -0.15) is 0 Å². The minimum atomic E-state index is -0.935. The van der Waals surface area contributed by atoms with E-state index in [0.29, 0.717) is 11.4 Å². The van der Waals surface area contributed by atoms with Crippen LogP contribution in [0.25, 0.3) is 10.2 Å². The smallest absolute Gasteiger partial charge is 0.335 e. The van der Waals surface area contributed by atoms with Crippen molar-refractivity contribution in [3.63, 3.8) is 0 Å². The number of thiazole rings is 1. The first kappa shape index (κ1) is 20.2. The molecule has 3 aromatic rings. The summed E-state index contributed by atoms with van der Waals surface area (Å²) >= 11 is 3.12. The molecular weight excluding hydrogens is 432 g/mol. The fourth-order valence-electron chi connectivity index (χ4n) is 4.40. The molecular formula is C23H20N2O4S2. The third kappa shape index (κ3) is 3.74. The number of hydrogen-bond acceptors (Lipinski definition) is 6. The van der Waals surface area contributed by atoms with Crippen LogP contribution in [0.5, 0.6) is 0 Å². The largest absolute Gasteiger partial charge is 0.478 e. The molecule has 1 N–H and O–H groups in total. The summed E-state index contributed by atoms with van der Waals surface area (Å²) in [6, 6.07) is 12.4. The number of fused-ring (bicyclic) bond motifs is 2. The van der Waals surface area contributed by atoms with E-state index in [9.17, 15) is 14.4 Å². The molecule has 1 aliphatic carbocycles. The van der Waals surface area contributed by atoms with Gasteiger partial charge in [-0.15, -0.1) is 11.3 Å². The Kier molecular flexibility index (Phi) is 5.27. The van der Waals surface area contributed by atoms with Crippen molar-refractivity contribution >= 4 is 56.8 Å². The number of amides is 2. The van der Waals surface area contributed by atoms with Crippen LogP contribution in [0.3, 0.4) is 0 Å². The van der Waals surface area contributed by atoms with Gasteiger partial charge in [-0.1, -0.05) is 36.7 Å². The summed E-state index contributed by atoms with van der Waals surface area (Å²) in [7, 11) is 0. The van der Waals surface area contributed by atoms with Crippen LogP contribution in [-0.2, 0) is 15.3 Å². The molecule has 1 aromatic heterocycles. The number of aromatic nitrogens is 1. The maximum atomic E-state index is 12.9. The lowest BCUT2D eigenvalue weighted by molar-refractivity contribution is -0.122. The molecule has 2 unspecified atom stereocenters. The van der Waals surface area contributed by atoms with Crippen LogP contribution in [0.15, 0.2) is 46.8 Å². The Hall–Kier alpha value is -2.71. The number of anilines is 1. The number of nitrogens with zero attached hydrogens (tertiary/aromatic N) is 2. The van der Waals surface area contributed by atoms with Gasteiger partial charge >= 0.3 is 5.97 Å². The van der Waals surface area contributed by atoms with Crippen LogP contribution in [0, 0.1) is 11.8 Å². The summed E-state index contributed by atoms with van der Waals surface area (Å²) in [6.07, 6.45) is 3.65. The Morgan fingerprint density at radius 2 is 1.74 bits per heavy atom. The summed E-state index contributed by atoms with van der Waals surface area (Å²) in [5.41, 5.74) is 2.77. The van der Waals surface area contributed by atoms with Gasteiger partial charge in [-0.3, -0.25) is 14.5 Å². The SMILES string of the molecule is O=C(O)c1ccc(CSc2nc3ccc(N4C(=O)C5CCCCC5C4=O)cc3s2)cc1. The molecule has 2 amide bonds. The number of rotatable bonds is 5. The Morgan fingerprint density at radius 3 is 2.39 bits per heavy atom. The molecule has 2 aliphatic rings. The fraction of sp³-hybridized carbons (Fsp3) is 0.304. The number of benzene rings is 2. The molecule has 1 aliphatic heterocycles. The van der Waals surface area contributed by atoms with Gasteiger partial charge in [0.2, 0.25) is 11.8 Å². The Bertz CT molecular complexity index is 1160. The predicted octanol–water partition coefficient (Wildman–Crippen LogP) is 4.97. The molecule has 158 valence electrons. The summed E-state index contributed by atoms with van der Waals surface area (Å²) in [5, 5.41) is 9.00. The van der Waals surface area contributed by atoms with Crippen molar-refractivity contribution in [2.24, 2.45) is 11.8 Å². The standard InChI is InChI=1S/C23H20N2O4S2/c26-20-16-3-1-2-4-17(16)21(27)25(20)15-9-10-18-19(11-15)31-23(24-18)30-12-13-5-7-14(8-6-13)22(28)29/h5-11,16-17H,1-4,12H2,(H,28,29). The molecule has 31 heavy (non-hydrogen) atoms. The van der Waals surface area contributed by atoms with Crippen molar-refractivity contribution in [1.29, 1.82) is 0 Å². The molecule has 1 saturated heterocycles. The average molecular weight is 453 g/mol. The molecule has 2 heterocycles. The third-order valence-electron chi connectivity index (χ3n) is 6.01. The minimum Gasteiger partial charge on any atom is -0.478 e. The normalized spacial score (nSPS) is 21.0. The fourth-order valence-corrected chi connectivity index (χ4v) is 6.46. The topological polar surface area (TPSA) is 87.6 Å². The van der Waals surface area contributed by atoms with Gasteiger partial charge in [-0.05, 0) is 48.7 Å². The average Bonchev–Trinajstić information content (AvgIpc) is 3.30. The van der Waals surface area contributed by atoms with Crippen LogP contribution in [-0.4, -0.2) is 27.9 Å². The van der Waals surface area contributed by atoms with E-state index in [4.69, 9.17) is 5.11 Å². The second-order valence-corrected chi connectivity index (χ2v) is 10.2. The van der Waals surface area contributed by atoms with Gasteiger partial charge < -0.3 is 5.11 Å². The predicted molar refractivity (Wildman–Crippen MR) is 121 cm³/mol. The lowest BCUT2D eigenvalue weighted by atomic mass is 9.81. The molecule has 8 heteroatoms. The quantitative estimate of drug-likeness (QED) is 0.435. The number of thioether (sulfide) groups is 1. The molecule has 0 radical (unpaired) electrons. The molecule has 0 bridgehead atoms. The second kappa shape index (κ2) is 8.09. The van der Waals surface area contributed by atoms with Crippen molar-refractivity contribution in [3.8, 4) is 0 Å². The van der Waals surface area contributed by atoms with Crippen molar-refractivity contribution in [2.45, 2.75) is 35.8 Å². The van der Waals surface area contributed by atoms with Crippen LogP contribution in [0.4, 0.5) is 5.69 Å². The van der Waals surface area contributed by atoms with Crippen LogP contribution in [0.2, 0.25) is 0 Å². The number of imide groups is 1. The van der Waals surface area contributed by atoms with Gasteiger partial charge in [0.15, 0.2) is 4.34 Å². The molecule has 1 saturated carbocycles. The number of aromatic carboxylic acids is 1. The summed E-state index contributed by atoms with van der Waals surface area (Å²) < 4.78 is 1.83. The Balaban J connectivity index is 1.34. The lowest BCUT2D eigenvalue weighted by Gasteiger charge is -2.19.